The summed E-state index contributed by atoms with van der Waals surface area (Å²) in [6.07, 6.45) is 0. The van der Waals surface area contributed by atoms with Gasteiger partial charge in [-0.25, -0.2) is 0 Å². The van der Waals surface area contributed by atoms with Crippen LogP contribution in [0, 0.1) is 18.3 Å². The lowest BCUT2D eigenvalue weighted by molar-refractivity contribution is -0.110. The molecule has 0 bridgehead atoms. The number of carbonyl (C=O) groups excluding carboxylic acids is 1. The lowest BCUT2D eigenvalue weighted by Gasteiger charge is -1.96. The van der Waals surface area contributed by atoms with Gasteiger partial charge in [-0.15, -0.1) is 10.2 Å². The molecule has 1 N–H and O–H groups in total. The Kier molecular flexibility index (Phi) is 3.70. The summed E-state index contributed by atoms with van der Waals surface area (Å²) in [5.41, 5.74) is -0.370. The summed E-state index contributed by atoms with van der Waals surface area (Å²) in [5.74, 6) is -0.671. The molecule has 8 heteroatoms. The summed E-state index contributed by atoms with van der Waals surface area (Å²) in [7, 11) is 1.25. The van der Waals surface area contributed by atoms with Crippen molar-refractivity contribution in [2.45, 2.75) is 6.92 Å². The number of nitriles is 1. The molecule has 0 fully saturated rings. The molecule has 0 atom stereocenters. The summed E-state index contributed by atoms with van der Waals surface area (Å²) in [6, 6.07) is 1.60. The van der Waals surface area contributed by atoms with E-state index in [1.165, 1.54) is 18.4 Å². The maximum atomic E-state index is 11.3. The molecule has 1 amide bonds. The van der Waals surface area contributed by atoms with Gasteiger partial charge >= 0.3 is 0 Å². The van der Waals surface area contributed by atoms with Crippen LogP contribution in [-0.2, 0) is 9.63 Å². The predicted octanol–water partition coefficient (Wildman–Crippen LogP) is 0.311. The largest absolute Gasteiger partial charge is 0.398 e. The van der Waals surface area contributed by atoms with Crippen LogP contribution in [0.1, 0.15) is 5.01 Å². The average Bonchev–Trinajstić information content (AvgIpc) is 2.60. The maximum Gasteiger partial charge on any atom is 0.290 e. The number of amides is 1. The van der Waals surface area contributed by atoms with Gasteiger partial charge in [0.25, 0.3) is 5.91 Å². The van der Waals surface area contributed by atoms with Crippen LogP contribution in [0.3, 0.4) is 0 Å². The zero-order chi connectivity index (χ0) is 11.3. The molecule has 15 heavy (non-hydrogen) atoms. The lowest BCUT2D eigenvalue weighted by Crippen LogP contribution is -2.21. The van der Waals surface area contributed by atoms with Gasteiger partial charge in [-0.2, -0.15) is 5.26 Å². The Balaban J connectivity index is 2.71. The summed E-state index contributed by atoms with van der Waals surface area (Å²) < 4.78 is 0. The fourth-order valence-corrected chi connectivity index (χ4v) is 1.29. The smallest absolute Gasteiger partial charge is 0.290 e. The van der Waals surface area contributed by atoms with E-state index in [9.17, 15) is 4.79 Å². The molecule has 0 aliphatic carbocycles. The standard InChI is InChI=1S/C7H7N5O2S/c1-4-10-11-7(15-4)9-6(13)5(3-8)12-14-2/h1-2H3,(H,9,11,13). The molecule has 0 radical (unpaired) electrons. The summed E-state index contributed by atoms with van der Waals surface area (Å²) >= 11 is 1.20. The number of nitrogens with one attached hydrogen (secondary N) is 1. The fraction of sp³-hybridized carbons (Fsp3) is 0.286. The molecule has 0 aromatic carbocycles. The fourth-order valence-electron chi connectivity index (χ4n) is 0.707. The molecule has 1 rings (SSSR count). The minimum Gasteiger partial charge on any atom is -0.398 e. The van der Waals surface area contributed by atoms with E-state index < -0.39 is 5.91 Å². The summed E-state index contributed by atoms with van der Waals surface area (Å²) in [4.78, 5) is 15.7. The van der Waals surface area contributed by atoms with Gasteiger partial charge in [-0.05, 0) is 6.92 Å². The van der Waals surface area contributed by atoms with E-state index in [0.717, 1.165) is 0 Å². The Morgan fingerprint density at radius 1 is 1.67 bits per heavy atom. The van der Waals surface area contributed by atoms with Gasteiger partial charge in [-0.1, -0.05) is 16.5 Å². The van der Waals surface area contributed by atoms with Crippen LogP contribution >= 0.6 is 11.3 Å². The number of carbonyl (C=O) groups is 1. The molecular formula is C7H7N5O2S. The molecule has 78 valence electrons. The Morgan fingerprint density at radius 2 is 2.40 bits per heavy atom. The third-order valence-electron chi connectivity index (χ3n) is 1.25. The number of anilines is 1. The molecule has 0 saturated carbocycles. The molecule has 1 heterocycles. The van der Waals surface area contributed by atoms with Crippen LogP contribution in [0.5, 0.6) is 0 Å². The molecule has 0 unspecified atom stereocenters. The summed E-state index contributed by atoms with van der Waals surface area (Å²) in [6.45, 7) is 1.75. The molecule has 0 saturated heterocycles. The van der Waals surface area contributed by atoms with Crippen LogP contribution in [-0.4, -0.2) is 28.9 Å². The van der Waals surface area contributed by atoms with Crippen molar-refractivity contribution in [3.05, 3.63) is 5.01 Å². The molecular weight excluding hydrogens is 218 g/mol. The van der Waals surface area contributed by atoms with E-state index in [1.807, 2.05) is 0 Å². The van der Waals surface area contributed by atoms with Crippen LogP contribution in [0.4, 0.5) is 5.13 Å². The van der Waals surface area contributed by atoms with E-state index in [-0.39, 0.29) is 5.71 Å². The zero-order valence-electron chi connectivity index (χ0n) is 8.01. The van der Waals surface area contributed by atoms with Crippen LogP contribution in [0.15, 0.2) is 5.16 Å². The quantitative estimate of drug-likeness (QED) is 0.589. The highest BCUT2D eigenvalue weighted by molar-refractivity contribution is 7.15. The molecule has 7 nitrogen and oxygen atoms in total. The predicted molar refractivity (Wildman–Crippen MR) is 53.3 cm³/mol. The van der Waals surface area contributed by atoms with E-state index in [0.29, 0.717) is 10.1 Å². The van der Waals surface area contributed by atoms with Crippen LogP contribution < -0.4 is 5.32 Å². The van der Waals surface area contributed by atoms with Gasteiger partial charge in [0.05, 0.1) is 0 Å². The third kappa shape index (κ3) is 2.99. The van der Waals surface area contributed by atoms with E-state index in [4.69, 9.17) is 5.26 Å². The second-order valence-corrected chi connectivity index (χ2v) is 3.50. The second-order valence-electron chi connectivity index (χ2n) is 2.31. The van der Waals surface area contributed by atoms with E-state index in [2.05, 4.69) is 25.5 Å². The normalized spacial score (nSPS) is 10.6. The first kappa shape index (κ1) is 11.1. The van der Waals surface area contributed by atoms with Gasteiger partial charge in [-0.3, -0.25) is 10.1 Å². The highest BCUT2D eigenvalue weighted by atomic mass is 32.1. The number of oxime groups is 1. The number of hydrogen-bond acceptors (Lipinski definition) is 7. The SMILES string of the molecule is CON=C(C#N)C(=O)Nc1nnc(C)s1. The van der Waals surface area contributed by atoms with E-state index in [1.54, 1.807) is 13.0 Å². The number of rotatable bonds is 3. The highest BCUT2D eigenvalue weighted by Gasteiger charge is 2.13. The molecule has 0 aliphatic heterocycles. The Labute approximate surface area is 89.4 Å². The number of hydrogen-bond donors (Lipinski definition) is 1. The van der Waals surface area contributed by atoms with Crippen molar-refractivity contribution >= 4 is 28.1 Å². The van der Waals surface area contributed by atoms with Crippen LogP contribution in [0.2, 0.25) is 0 Å². The first-order valence-electron chi connectivity index (χ1n) is 3.80. The number of aromatic nitrogens is 2. The van der Waals surface area contributed by atoms with Crippen LogP contribution in [0.25, 0.3) is 0 Å². The average molecular weight is 225 g/mol. The third-order valence-corrected chi connectivity index (χ3v) is 2.00. The van der Waals surface area contributed by atoms with Gasteiger partial charge < -0.3 is 4.84 Å². The highest BCUT2D eigenvalue weighted by Crippen LogP contribution is 2.13. The van der Waals surface area contributed by atoms with Gasteiger partial charge in [0, 0.05) is 0 Å². The molecule has 0 spiro atoms. The van der Waals surface area contributed by atoms with Gasteiger partial charge in [0.1, 0.15) is 18.2 Å². The minimum atomic E-state index is -0.671. The van der Waals surface area contributed by atoms with Gasteiger partial charge in [0.15, 0.2) is 0 Å². The lowest BCUT2D eigenvalue weighted by atomic mass is 10.4. The Morgan fingerprint density at radius 3 is 2.87 bits per heavy atom. The Bertz CT molecular complexity index is 433. The second kappa shape index (κ2) is 5.02. The molecule has 1 aromatic rings. The topological polar surface area (TPSA) is 100 Å². The number of aryl methyl sites for hydroxylation is 1. The zero-order valence-corrected chi connectivity index (χ0v) is 8.83. The first-order valence-corrected chi connectivity index (χ1v) is 4.61. The minimum absolute atomic E-state index is 0.316. The van der Waals surface area contributed by atoms with Crippen molar-refractivity contribution < 1.29 is 9.63 Å². The Hall–Kier alpha value is -2.01. The van der Waals surface area contributed by atoms with Crippen molar-refractivity contribution in [2.75, 3.05) is 12.4 Å². The molecule has 0 aliphatic rings. The van der Waals surface area contributed by atoms with Crippen molar-refractivity contribution in [2.24, 2.45) is 5.16 Å². The van der Waals surface area contributed by atoms with Crippen molar-refractivity contribution in [3.8, 4) is 6.07 Å². The first-order chi connectivity index (χ1) is 7.17. The maximum absolute atomic E-state index is 11.3. The van der Waals surface area contributed by atoms with Crippen molar-refractivity contribution in [1.82, 2.24) is 10.2 Å². The summed E-state index contributed by atoms with van der Waals surface area (Å²) in [5, 5.41) is 22.6. The molecule has 1 aromatic heterocycles. The number of nitrogens with zero attached hydrogens (tertiary/aromatic N) is 4. The van der Waals surface area contributed by atoms with Gasteiger partial charge in [0.2, 0.25) is 10.8 Å². The van der Waals surface area contributed by atoms with Crippen molar-refractivity contribution in [1.29, 1.82) is 5.26 Å². The monoisotopic (exact) mass is 225 g/mol. The van der Waals surface area contributed by atoms with Crippen molar-refractivity contribution in [3.63, 3.8) is 0 Å². The van der Waals surface area contributed by atoms with E-state index >= 15 is 0 Å².